The number of halogens is 1. The summed E-state index contributed by atoms with van der Waals surface area (Å²) in [7, 11) is 0. The summed E-state index contributed by atoms with van der Waals surface area (Å²) in [6.07, 6.45) is 0. The second-order valence-corrected chi connectivity index (χ2v) is 5.05. The fourth-order valence-electron chi connectivity index (χ4n) is 1.46. The molecule has 20 heavy (non-hydrogen) atoms. The van der Waals surface area contributed by atoms with Crippen molar-refractivity contribution in [3.8, 4) is 6.07 Å². The number of carboxylic acid groups (broad SMARTS) is 1. The van der Waals surface area contributed by atoms with E-state index in [1.807, 2.05) is 6.07 Å². The molecule has 0 heterocycles. The summed E-state index contributed by atoms with van der Waals surface area (Å²) in [6, 6.07) is 4.91. The van der Waals surface area contributed by atoms with Gasteiger partial charge in [0, 0.05) is 18.4 Å². The van der Waals surface area contributed by atoms with Crippen molar-refractivity contribution in [1.82, 2.24) is 5.32 Å². The lowest BCUT2D eigenvalue weighted by molar-refractivity contribution is -0.140. The van der Waals surface area contributed by atoms with E-state index in [2.05, 4.69) is 5.32 Å². The number of nitrogens with one attached hydrogen (secondary N) is 1. The van der Waals surface area contributed by atoms with E-state index in [1.165, 1.54) is 36.9 Å². The van der Waals surface area contributed by atoms with E-state index in [0.717, 1.165) is 0 Å². The number of rotatable bonds is 6. The van der Waals surface area contributed by atoms with Gasteiger partial charge in [0.05, 0.1) is 11.6 Å². The highest BCUT2D eigenvalue weighted by Crippen LogP contribution is 2.18. The molecule has 0 aliphatic heterocycles. The zero-order chi connectivity index (χ0) is 15.1. The first-order chi connectivity index (χ1) is 9.43. The van der Waals surface area contributed by atoms with Crippen molar-refractivity contribution < 1.29 is 19.1 Å². The van der Waals surface area contributed by atoms with Gasteiger partial charge in [0.15, 0.2) is 0 Å². The lowest BCUT2D eigenvalue weighted by Crippen LogP contribution is -2.41. The second-order valence-electron chi connectivity index (χ2n) is 4.02. The van der Waals surface area contributed by atoms with Crippen molar-refractivity contribution in [2.24, 2.45) is 0 Å². The summed E-state index contributed by atoms with van der Waals surface area (Å²) >= 11 is 1.17. The Balaban J connectivity index is 2.61. The van der Waals surface area contributed by atoms with Crippen LogP contribution in [0.1, 0.15) is 18.1 Å². The molecule has 1 aromatic rings. The lowest BCUT2D eigenvalue weighted by Gasteiger charge is -2.12. The monoisotopic (exact) mass is 296 g/mol. The van der Waals surface area contributed by atoms with Crippen LogP contribution in [0, 0.1) is 17.1 Å². The molecular weight excluding hydrogens is 283 g/mol. The van der Waals surface area contributed by atoms with Crippen LogP contribution < -0.4 is 5.32 Å². The molecule has 1 unspecified atom stereocenters. The first-order valence-electron chi connectivity index (χ1n) is 5.70. The van der Waals surface area contributed by atoms with Crippen LogP contribution in [0.3, 0.4) is 0 Å². The molecule has 0 fully saturated rings. The summed E-state index contributed by atoms with van der Waals surface area (Å²) in [5, 5.41) is 19.9. The number of nitrogens with zero attached hydrogens (tertiary/aromatic N) is 1. The Hall–Kier alpha value is -2.07. The van der Waals surface area contributed by atoms with E-state index in [0.29, 0.717) is 11.1 Å². The molecule has 0 aliphatic rings. The van der Waals surface area contributed by atoms with Crippen LogP contribution in [-0.4, -0.2) is 28.8 Å². The minimum atomic E-state index is -1.14. The predicted octanol–water partition coefficient (Wildman–Crippen LogP) is 1.52. The fraction of sp³-hybridized carbons (Fsp3) is 0.308. The van der Waals surface area contributed by atoms with Gasteiger partial charge in [0.25, 0.3) is 0 Å². The van der Waals surface area contributed by atoms with E-state index in [4.69, 9.17) is 10.4 Å². The van der Waals surface area contributed by atoms with Gasteiger partial charge in [-0.2, -0.15) is 17.0 Å². The van der Waals surface area contributed by atoms with Gasteiger partial charge in [-0.05, 0) is 23.8 Å². The number of benzene rings is 1. The Labute approximate surface area is 119 Å². The number of amides is 1. The van der Waals surface area contributed by atoms with Crippen LogP contribution in [0.5, 0.6) is 0 Å². The Morgan fingerprint density at radius 2 is 2.25 bits per heavy atom. The quantitative estimate of drug-likeness (QED) is 0.830. The van der Waals surface area contributed by atoms with Crippen molar-refractivity contribution in [3.63, 3.8) is 0 Å². The molecule has 1 aromatic carbocycles. The number of nitriles is 1. The predicted molar refractivity (Wildman–Crippen MR) is 72.5 cm³/mol. The largest absolute Gasteiger partial charge is 0.480 e. The van der Waals surface area contributed by atoms with Gasteiger partial charge < -0.3 is 10.4 Å². The van der Waals surface area contributed by atoms with Gasteiger partial charge in [-0.25, -0.2) is 9.18 Å². The maximum atomic E-state index is 13.5. The average molecular weight is 296 g/mol. The van der Waals surface area contributed by atoms with Gasteiger partial charge in [-0.1, -0.05) is 0 Å². The zero-order valence-corrected chi connectivity index (χ0v) is 11.5. The Morgan fingerprint density at radius 1 is 1.55 bits per heavy atom. The molecule has 0 radical (unpaired) electrons. The Kier molecular flexibility index (Phi) is 6.00. The number of aliphatic carboxylic acids is 1. The standard InChI is InChI=1S/C13H13FN2O3S/c1-8(17)16-12(13(18)19)7-20-6-10-4-9(5-15)2-3-11(10)14/h2-4,12H,6-7H2,1H3,(H,16,17)(H,18,19). The molecular formula is C13H13FN2O3S. The highest BCUT2D eigenvalue weighted by molar-refractivity contribution is 7.98. The van der Waals surface area contributed by atoms with E-state index < -0.39 is 23.7 Å². The third kappa shape index (κ3) is 4.90. The number of hydrogen-bond donors (Lipinski definition) is 2. The van der Waals surface area contributed by atoms with Crippen molar-refractivity contribution >= 4 is 23.6 Å². The Morgan fingerprint density at radius 3 is 2.80 bits per heavy atom. The lowest BCUT2D eigenvalue weighted by atomic mass is 10.1. The first kappa shape index (κ1) is 16.0. The number of hydrogen-bond acceptors (Lipinski definition) is 4. The smallest absolute Gasteiger partial charge is 0.327 e. The van der Waals surface area contributed by atoms with Crippen LogP contribution >= 0.6 is 11.8 Å². The van der Waals surface area contributed by atoms with Gasteiger partial charge in [-0.3, -0.25) is 4.79 Å². The minimum Gasteiger partial charge on any atom is -0.480 e. The summed E-state index contributed by atoms with van der Waals surface area (Å²) in [5.41, 5.74) is 0.680. The molecule has 1 atom stereocenters. The SMILES string of the molecule is CC(=O)NC(CSCc1cc(C#N)ccc1F)C(=O)O. The first-order valence-corrected chi connectivity index (χ1v) is 6.85. The molecule has 106 valence electrons. The van der Waals surface area contributed by atoms with E-state index >= 15 is 0 Å². The van der Waals surface area contributed by atoms with Gasteiger partial charge in [0.2, 0.25) is 5.91 Å². The maximum absolute atomic E-state index is 13.5. The molecule has 1 amide bonds. The molecule has 0 bridgehead atoms. The third-order valence-corrected chi connectivity index (χ3v) is 3.48. The van der Waals surface area contributed by atoms with Crippen LogP contribution in [0.15, 0.2) is 18.2 Å². The van der Waals surface area contributed by atoms with Crippen LogP contribution in [0.25, 0.3) is 0 Å². The van der Waals surface area contributed by atoms with E-state index in [-0.39, 0.29) is 11.5 Å². The van der Waals surface area contributed by atoms with Gasteiger partial charge in [-0.15, -0.1) is 0 Å². The third-order valence-electron chi connectivity index (χ3n) is 2.39. The molecule has 0 saturated carbocycles. The summed E-state index contributed by atoms with van der Waals surface area (Å²) in [4.78, 5) is 21.7. The highest BCUT2D eigenvalue weighted by Gasteiger charge is 2.18. The molecule has 5 nitrogen and oxygen atoms in total. The fourth-order valence-corrected chi connectivity index (χ4v) is 2.48. The van der Waals surface area contributed by atoms with E-state index in [1.54, 1.807) is 0 Å². The number of thioether (sulfide) groups is 1. The molecule has 0 aliphatic carbocycles. The number of carbonyl (C=O) groups is 2. The normalized spacial score (nSPS) is 11.4. The summed E-state index contributed by atoms with van der Waals surface area (Å²) < 4.78 is 13.5. The topological polar surface area (TPSA) is 90.2 Å². The zero-order valence-electron chi connectivity index (χ0n) is 10.7. The van der Waals surface area contributed by atoms with Crippen molar-refractivity contribution in [2.75, 3.05) is 5.75 Å². The number of carbonyl (C=O) groups excluding carboxylic acids is 1. The average Bonchev–Trinajstić information content (AvgIpc) is 2.39. The molecule has 1 rings (SSSR count). The van der Waals surface area contributed by atoms with Crippen LogP contribution in [0.4, 0.5) is 4.39 Å². The van der Waals surface area contributed by atoms with Crippen molar-refractivity contribution in [2.45, 2.75) is 18.7 Å². The summed E-state index contributed by atoms with van der Waals surface area (Å²) in [5.74, 6) is -1.67. The van der Waals surface area contributed by atoms with Crippen molar-refractivity contribution in [3.05, 3.63) is 35.1 Å². The van der Waals surface area contributed by atoms with Gasteiger partial charge in [0.1, 0.15) is 11.9 Å². The van der Waals surface area contributed by atoms with Crippen LogP contribution in [0.2, 0.25) is 0 Å². The van der Waals surface area contributed by atoms with Crippen molar-refractivity contribution in [1.29, 1.82) is 5.26 Å². The molecule has 2 N–H and O–H groups in total. The maximum Gasteiger partial charge on any atom is 0.327 e. The van der Waals surface area contributed by atoms with Crippen LogP contribution in [-0.2, 0) is 15.3 Å². The van der Waals surface area contributed by atoms with E-state index in [9.17, 15) is 14.0 Å². The molecule has 0 spiro atoms. The Bertz CT molecular complexity index is 557. The molecule has 0 saturated heterocycles. The number of carboxylic acids is 1. The summed E-state index contributed by atoms with van der Waals surface area (Å²) in [6.45, 7) is 1.23. The molecule has 0 aromatic heterocycles. The van der Waals surface area contributed by atoms with Gasteiger partial charge >= 0.3 is 5.97 Å². The second kappa shape index (κ2) is 7.50. The minimum absolute atomic E-state index is 0.116. The molecule has 7 heteroatoms. The highest BCUT2D eigenvalue weighted by atomic mass is 32.2.